The monoisotopic (exact) mass is 184 g/mol. The van der Waals surface area contributed by atoms with Crippen LogP contribution in [0.1, 0.15) is 26.7 Å². The van der Waals surface area contributed by atoms with E-state index < -0.39 is 0 Å². The molecule has 13 heavy (non-hydrogen) atoms. The second-order valence-corrected chi connectivity index (χ2v) is 4.11. The third-order valence-electron chi connectivity index (χ3n) is 2.97. The first-order valence-electron chi connectivity index (χ1n) is 5.06. The van der Waals surface area contributed by atoms with Crippen LogP contribution in [0.4, 0.5) is 4.79 Å². The van der Waals surface area contributed by atoms with E-state index in [1.54, 1.807) is 0 Å². The normalized spacial score (nSPS) is 19.5. The lowest BCUT2D eigenvalue weighted by molar-refractivity contribution is -0.498. The highest BCUT2D eigenvalue weighted by atomic mass is 16.2. The molecule has 0 aromatic heterocycles. The molecule has 3 nitrogen and oxygen atoms in total. The summed E-state index contributed by atoms with van der Waals surface area (Å²) in [6, 6.07) is 0.0854. The van der Waals surface area contributed by atoms with Crippen LogP contribution in [0.25, 0.3) is 0 Å². The van der Waals surface area contributed by atoms with Gasteiger partial charge < -0.3 is 5.32 Å². The molecule has 0 atom stereocenters. The smallest absolute Gasteiger partial charge is 0.389 e. The van der Waals surface area contributed by atoms with Crippen LogP contribution in [0.15, 0.2) is 0 Å². The Balaban J connectivity index is 2.34. The van der Waals surface area contributed by atoms with Crippen molar-refractivity contribution in [2.45, 2.75) is 26.7 Å². The van der Waals surface area contributed by atoms with Crippen molar-refractivity contribution in [2.75, 3.05) is 13.1 Å². The molecule has 1 fully saturated rings. The molecule has 1 aliphatic rings. The first-order chi connectivity index (χ1) is 6.15. The Hall–Kier alpha value is -0.570. The standard InChI is InChI=1S/C10H20N2O/c1-8(2)9-4-6-12(7-5-9)10(13)11-3/h8-9H,3-7,11H2,1-2H3. The molecule has 1 saturated heterocycles. The van der Waals surface area contributed by atoms with Gasteiger partial charge >= 0.3 is 6.03 Å². The summed E-state index contributed by atoms with van der Waals surface area (Å²) in [6.45, 7) is 6.34. The fourth-order valence-corrected chi connectivity index (χ4v) is 1.92. The number of urea groups is 1. The van der Waals surface area contributed by atoms with Crippen molar-refractivity contribution < 1.29 is 10.1 Å². The van der Waals surface area contributed by atoms with Gasteiger partial charge in [0.1, 0.15) is 0 Å². The second kappa shape index (κ2) is 4.61. The minimum atomic E-state index is 0.0854. The lowest BCUT2D eigenvalue weighted by Gasteiger charge is -2.32. The second-order valence-electron chi connectivity index (χ2n) is 4.11. The Labute approximate surface area is 80.5 Å². The van der Waals surface area contributed by atoms with Gasteiger partial charge in [0.2, 0.25) is 0 Å². The maximum Gasteiger partial charge on any atom is 0.389 e. The van der Waals surface area contributed by atoms with Crippen LogP contribution < -0.4 is 5.32 Å². The fraction of sp³-hybridized carbons (Fsp3) is 0.800. The molecule has 0 aliphatic carbocycles. The molecule has 0 unspecified atom stereocenters. The summed E-state index contributed by atoms with van der Waals surface area (Å²) >= 11 is 0. The lowest BCUT2D eigenvalue weighted by atomic mass is 9.87. The topological polar surface area (TPSA) is 36.9 Å². The molecule has 1 rings (SSSR count). The zero-order valence-corrected chi connectivity index (χ0v) is 8.62. The van der Waals surface area contributed by atoms with Crippen LogP contribution in [0.3, 0.4) is 0 Å². The number of carbonyl (C=O) groups is 1. The van der Waals surface area contributed by atoms with Gasteiger partial charge in [-0.25, -0.2) is 4.79 Å². The number of quaternary nitrogens is 1. The third-order valence-corrected chi connectivity index (χ3v) is 2.97. The van der Waals surface area contributed by atoms with E-state index in [0.717, 1.165) is 37.8 Å². The van der Waals surface area contributed by atoms with E-state index in [2.05, 4.69) is 20.9 Å². The van der Waals surface area contributed by atoms with Crippen molar-refractivity contribution in [3.05, 3.63) is 7.05 Å². The number of nitrogens with two attached hydrogens (primary N) is 1. The van der Waals surface area contributed by atoms with Gasteiger partial charge in [0, 0.05) is 13.1 Å². The third kappa shape index (κ3) is 2.69. The average Bonchev–Trinajstić information content (AvgIpc) is 2.17. The molecule has 3 heteroatoms. The van der Waals surface area contributed by atoms with E-state index in [0.29, 0.717) is 0 Å². The fourth-order valence-electron chi connectivity index (χ4n) is 1.92. The van der Waals surface area contributed by atoms with Crippen LogP contribution in [-0.2, 0) is 0 Å². The predicted octanol–water partition coefficient (Wildman–Crippen LogP) is 0.829. The molecule has 0 saturated carbocycles. The summed E-state index contributed by atoms with van der Waals surface area (Å²) < 4.78 is 0. The van der Waals surface area contributed by atoms with E-state index in [9.17, 15) is 4.79 Å². The van der Waals surface area contributed by atoms with Crippen molar-refractivity contribution in [3.63, 3.8) is 0 Å². The van der Waals surface area contributed by atoms with Gasteiger partial charge in [0.25, 0.3) is 0 Å². The van der Waals surface area contributed by atoms with Gasteiger partial charge in [-0.15, -0.1) is 7.05 Å². The molecule has 1 heterocycles. The number of amides is 2. The predicted molar refractivity (Wildman–Crippen MR) is 51.8 cm³/mol. The number of hydrogen-bond acceptors (Lipinski definition) is 1. The van der Waals surface area contributed by atoms with E-state index in [4.69, 9.17) is 0 Å². The quantitative estimate of drug-likeness (QED) is 0.602. The van der Waals surface area contributed by atoms with Gasteiger partial charge in [0.05, 0.1) is 0 Å². The molecule has 0 aromatic carbocycles. The number of primary amides is 1. The van der Waals surface area contributed by atoms with E-state index in [1.165, 1.54) is 5.32 Å². The number of hydrogen-bond donors (Lipinski definition) is 1. The van der Waals surface area contributed by atoms with Crippen molar-refractivity contribution in [1.82, 2.24) is 4.90 Å². The van der Waals surface area contributed by atoms with E-state index in [-0.39, 0.29) is 6.03 Å². The molecule has 0 bridgehead atoms. The summed E-state index contributed by atoms with van der Waals surface area (Å²) in [5, 5.41) is 1.41. The maximum absolute atomic E-state index is 11.3. The van der Waals surface area contributed by atoms with Gasteiger partial charge in [0.15, 0.2) is 0 Å². The molecule has 0 aromatic rings. The number of piperidine rings is 1. The minimum absolute atomic E-state index is 0.0854. The largest absolute Gasteiger partial charge is 0.395 e. The number of rotatable bonds is 1. The Morgan fingerprint density at radius 3 is 2.38 bits per heavy atom. The summed E-state index contributed by atoms with van der Waals surface area (Å²) in [5.74, 6) is 1.55. The van der Waals surface area contributed by atoms with Crippen LogP contribution in [-0.4, -0.2) is 24.0 Å². The maximum atomic E-state index is 11.3. The van der Waals surface area contributed by atoms with Crippen molar-refractivity contribution in [2.24, 2.45) is 11.8 Å². The average molecular weight is 184 g/mol. The van der Waals surface area contributed by atoms with E-state index >= 15 is 0 Å². The Kier molecular flexibility index (Phi) is 3.72. The summed E-state index contributed by atoms with van der Waals surface area (Å²) in [4.78, 5) is 13.1. The molecule has 76 valence electrons. The highest BCUT2D eigenvalue weighted by molar-refractivity contribution is 5.63. The molecule has 2 N–H and O–H groups in total. The van der Waals surface area contributed by atoms with Crippen molar-refractivity contribution >= 4 is 6.03 Å². The Morgan fingerprint density at radius 1 is 1.46 bits per heavy atom. The SMILES string of the molecule is [CH2-][NH2+]C(=O)N1CCC(C(C)C)CC1. The lowest BCUT2D eigenvalue weighted by Crippen LogP contribution is -2.85. The van der Waals surface area contributed by atoms with Gasteiger partial charge in [-0.2, -0.15) is 0 Å². The van der Waals surface area contributed by atoms with Gasteiger partial charge in [-0.3, -0.25) is 4.90 Å². The summed E-state index contributed by atoms with van der Waals surface area (Å²) in [7, 11) is 3.50. The summed E-state index contributed by atoms with van der Waals surface area (Å²) in [5.41, 5.74) is 0. The molecule has 1 aliphatic heterocycles. The zero-order valence-electron chi connectivity index (χ0n) is 8.62. The first-order valence-corrected chi connectivity index (χ1v) is 5.06. The van der Waals surface area contributed by atoms with E-state index in [1.807, 2.05) is 4.90 Å². The van der Waals surface area contributed by atoms with Gasteiger partial charge in [-0.05, 0) is 24.7 Å². The molecule has 0 spiro atoms. The van der Waals surface area contributed by atoms with Crippen LogP contribution in [0, 0.1) is 18.9 Å². The number of carbonyl (C=O) groups excluding carboxylic acids is 1. The molecular formula is C10H20N2O. The number of nitrogens with zero attached hydrogens (tertiary/aromatic N) is 1. The van der Waals surface area contributed by atoms with Crippen LogP contribution in [0.5, 0.6) is 0 Å². The Morgan fingerprint density at radius 2 is 2.00 bits per heavy atom. The number of likely N-dealkylation sites (tertiary alicyclic amines) is 1. The van der Waals surface area contributed by atoms with Crippen LogP contribution in [0.2, 0.25) is 0 Å². The molecular weight excluding hydrogens is 164 g/mol. The first kappa shape index (κ1) is 10.5. The highest BCUT2D eigenvalue weighted by Crippen LogP contribution is 2.23. The molecule has 2 amide bonds. The Bertz CT molecular complexity index is 172. The molecule has 0 radical (unpaired) electrons. The highest BCUT2D eigenvalue weighted by Gasteiger charge is 2.24. The van der Waals surface area contributed by atoms with Crippen molar-refractivity contribution in [3.8, 4) is 0 Å². The minimum Gasteiger partial charge on any atom is -0.395 e. The van der Waals surface area contributed by atoms with Crippen LogP contribution >= 0.6 is 0 Å². The zero-order chi connectivity index (χ0) is 9.84. The van der Waals surface area contributed by atoms with Crippen molar-refractivity contribution in [1.29, 1.82) is 0 Å². The van der Waals surface area contributed by atoms with Gasteiger partial charge in [-0.1, -0.05) is 13.8 Å². The summed E-state index contributed by atoms with van der Waals surface area (Å²) in [6.07, 6.45) is 2.30.